The summed E-state index contributed by atoms with van der Waals surface area (Å²) in [5.74, 6) is 0.314. The number of nitrogens with one attached hydrogen (secondary N) is 1. The summed E-state index contributed by atoms with van der Waals surface area (Å²) in [7, 11) is -2.90. The summed E-state index contributed by atoms with van der Waals surface area (Å²) < 4.78 is 32.3. The number of esters is 1. The molecule has 0 bridgehead atoms. The number of rotatable bonds is 5. The van der Waals surface area contributed by atoms with Crippen molar-refractivity contribution in [2.24, 2.45) is 0 Å². The molecule has 1 aliphatic heterocycles. The summed E-state index contributed by atoms with van der Waals surface area (Å²) in [6.45, 7) is 2.33. The maximum absolute atomic E-state index is 11.4. The molecule has 1 N–H and O–H groups in total. The van der Waals surface area contributed by atoms with Crippen LogP contribution >= 0.6 is 0 Å². The fraction of sp³-hybridized carbons (Fsp3) is 0.636. The smallest absolute Gasteiger partial charge is 0.360 e. The summed E-state index contributed by atoms with van der Waals surface area (Å²) >= 11 is 0. The Bertz CT molecular complexity index is 551. The van der Waals surface area contributed by atoms with Crippen molar-refractivity contribution in [1.29, 1.82) is 0 Å². The van der Waals surface area contributed by atoms with Crippen molar-refractivity contribution in [3.63, 3.8) is 0 Å². The highest BCUT2D eigenvalue weighted by molar-refractivity contribution is 7.91. The Morgan fingerprint density at radius 1 is 1.63 bits per heavy atom. The maximum atomic E-state index is 11.4. The van der Waals surface area contributed by atoms with Crippen LogP contribution in [-0.4, -0.2) is 43.7 Å². The molecule has 0 spiro atoms. The molecule has 1 aliphatic rings. The lowest BCUT2D eigenvalue weighted by atomic mass is 10.2. The van der Waals surface area contributed by atoms with Crippen molar-refractivity contribution in [2.45, 2.75) is 25.9 Å². The van der Waals surface area contributed by atoms with Crippen LogP contribution in [0.15, 0.2) is 10.6 Å². The predicted molar refractivity (Wildman–Crippen MR) is 66.4 cm³/mol. The Morgan fingerprint density at radius 3 is 3.05 bits per heavy atom. The third kappa shape index (κ3) is 3.77. The number of nitrogens with zero attached hydrogens (tertiary/aromatic N) is 1. The second kappa shape index (κ2) is 5.70. The Kier molecular flexibility index (Phi) is 4.20. The maximum Gasteiger partial charge on any atom is 0.360 e. The zero-order valence-corrected chi connectivity index (χ0v) is 11.4. The Hall–Kier alpha value is -1.41. The molecule has 0 aliphatic carbocycles. The molecule has 1 atom stereocenters. The number of hydrogen-bond acceptors (Lipinski definition) is 7. The van der Waals surface area contributed by atoms with E-state index in [1.165, 1.54) is 6.07 Å². The van der Waals surface area contributed by atoms with Crippen molar-refractivity contribution in [3.8, 4) is 0 Å². The van der Waals surface area contributed by atoms with Crippen molar-refractivity contribution in [2.75, 3.05) is 18.1 Å². The van der Waals surface area contributed by atoms with Crippen LogP contribution in [-0.2, 0) is 21.1 Å². The van der Waals surface area contributed by atoms with Crippen molar-refractivity contribution >= 4 is 15.8 Å². The van der Waals surface area contributed by atoms with Crippen LogP contribution in [0.1, 0.15) is 29.6 Å². The van der Waals surface area contributed by atoms with Crippen molar-refractivity contribution in [1.82, 2.24) is 10.5 Å². The molecule has 0 amide bonds. The van der Waals surface area contributed by atoms with Crippen LogP contribution in [0, 0.1) is 0 Å². The van der Waals surface area contributed by atoms with Crippen LogP contribution in [0.4, 0.5) is 0 Å². The van der Waals surface area contributed by atoms with E-state index in [-0.39, 0.29) is 29.8 Å². The summed E-state index contributed by atoms with van der Waals surface area (Å²) in [4.78, 5) is 11.4. The lowest BCUT2D eigenvalue weighted by Gasteiger charge is -2.07. The number of carbonyl (C=O) groups is 1. The first-order chi connectivity index (χ1) is 9.00. The fourth-order valence-corrected chi connectivity index (χ4v) is 3.61. The van der Waals surface area contributed by atoms with Gasteiger partial charge in [0.1, 0.15) is 0 Å². The van der Waals surface area contributed by atoms with Gasteiger partial charge in [-0.3, -0.25) is 0 Å². The summed E-state index contributed by atoms with van der Waals surface area (Å²) in [5.41, 5.74) is 0.123. The summed E-state index contributed by atoms with van der Waals surface area (Å²) in [6, 6.07) is 1.43. The molecule has 0 radical (unpaired) electrons. The lowest BCUT2D eigenvalue weighted by Crippen LogP contribution is -2.29. The van der Waals surface area contributed by atoms with Gasteiger partial charge in [0, 0.05) is 12.1 Å². The van der Waals surface area contributed by atoms with Gasteiger partial charge in [-0.2, -0.15) is 0 Å². The van der Waals surface area contributed by atoms with E-state index in [1.807, 2.05) is 0 Å². The minimum Gasteiger partial charge on any atom is -0.461 e. The van der Waals surface area contributed by atoms with E-state index in [0.29, 0.717) is 18.7 Å². The van der Waals surface area contributed by atoms with Gasteiger partial charge in [0.2, 0.25) is 0 Å². The number of ether oxygens (including phenoxy) is 1. The van der Waals surface area contributed by atoms with Gasteiger partial charge >= 0.3 is 5.97 Å². The monoisotopic (exact) mass is 288 g/mol. The highest BCUT2D eigenvalue weighted by atomic mass is 32.2. The molecule has 0 saturated carbocycles. The minimum atomic E-state index is -2.90. The Morgan fingerprint density at radius 2 is 2.42 bits per heavy atom. The minimum absolute atomic E-state index is 0.0684. The molecule has 1 saturated heterocycles. The first kappa shape index (κ1) is 14.0. The zero-order chi connectivity index (χ0) is 13.9. The Labute approximate surface area is 111 Å². The van der Waals surface area contributed by atoms with Gasteiger partial charge in [0.05, 0.1) is 24.7 Å². The van der Waals surface area contributed by atoms with Crippen LogP contribution in [0.2, 0.25) is 0 Å². The molecule has 0 unspecified atom stereocenters. The van der Waals surface area contributed by atoms with Gasteiger partial charge in [-0.15, -0.1) is 0 Å². The van der Waals surface area contributed by atoms with Gasteiger partial charge in [0.15, 0.2) is 21.3 Å². The molecular formula is C11H16N2O5S. The molecule has 8 heteroatoms. The molecule has 2 rings (SSSR count). The van der Waals surface area contributed by atoms with E-state index in [1.54, 1.807) is 6.92 Å². The van der Waals surface area contributed by atoms with Gasteiger partial charge in [-0.1, -0.05) is 5.16 Å². The lowest BCUT2D eigenvalue weighted by molar-refractivity contribution is 0.0514. The van der Waals surface area contributed by atoms with Crippen molar-refractivity contribution < 1.29 is 22.5 Å². The number of sulfone groups is 1. The van der Waals surface area contributed by atoms with E-state index >= 15 is 0 Å². The van der Waals surface area contributed by atoms with Gasteiger partial charge in [0.25, 0.3) is 0 Å². The average Bonchev–Trinajstić information content (AvgIpc) is 2.93. The number of hydrogen-bond donors (Lipinski definition) is 1. The molecule has 7 nitrogen and oxygen atoms in total. The topological polar surface area (TPSA) is 98.5 Å². The van der Waals surface area contributed by atoms with Gasteiger partial charge in [-0.25, -0.2) is 13.2 Å². The standard InChI is InChI=1S/C11H16N2O5S/c1-2-17-11(14)10-5-9(18-13-10)6-12-8-3-4-19(15,16)7-8/h5,8,12H,2-4,6-7H2,1H3/t8-/m0/s1. The Balaban J connectivity index is 1.86. The van der Waals surface area contributed by atoms with Gasteiger partial charge in [-0.05, 0) is 13.3 Å². The zero-order valence-electron chi connectivity index (χ0n) is 10.6. The normalized spacial score (nSPS) is 21.4. The van der Waals surface area contributed by atoms with E-state index in [9.17, 15) is 13.2 Å². The number of aromatic nitrogens is 1. The molecule has 1 aromatic rings. The quantitative estimate of drug-likeness (QED) is 0.769. The van der Waals surface area contributed by atoms with Crippen LogP contribution < -0.4 is 5.32 Å². The summed E-state index contributed by atoms with van der Waals surface area (Å²) in [5, 5.41) is 6.67. The third-order valence-electron chi connectivity index (χ3n) is 2.84. The first-order valence-corrected chi connectivity index (χ1v) is 7.89. The molecule has 106 valence electrons. The third-order valence-corrected chi connectivity index (χ3v) is 4.61. The van der Waals surface area contributed by atoms with Crippen molar-refractivity contribution in [3.05, 3.63) is 17.5 Å². The van der Waals surface area contributed by atoms with E-state index < -0.39 is 15.8 Å². The fourth-order valence-electron chi connectivity index (χ4n) is 1.90. The van der Waals surface area contributed by atoms with E-state index in [4.69, 9.17) is 9.26 Å². The largest absolute Gasteiger partial charge is 0.461 e. The second-order valence-electron chi connectivity index (χ2n) is 4.38. The second-order valence-corrected chi connectivity index (χ2v) is 6.61. The average molecular weight is 288 g/mol. The van der Waals surface area contributed by atoms with Gasteiger partial charge < -0.3 is 14.6 Å². The molecule has 1 fully saturated rings. The molecule has 2 heterocycles. The highest BCUT2D eigenvalue weighted by Crippen LogP contribution is 2.12. The predicted octanol–water partition coefficient (Wildman–Crippen LogP) is 0.128. The van der Waals surface area contributed by atoms with E-state index in [2.05, 4.69) is 10.5 Å². The van der Waals surface area contributed by atoms with E-state index in [0.717, 1.165) is 0 Å². The van der Waals surface area contributed by atoms with Crippen LogP contribution in [0.3, 0.4) is 0 Å². The molecule has 1 aromatic heterocycles. The molecule has 19 heavy (non-hydrogen) atoms. The highest BCUT2D eigenvalue weighted by Gasteiger charge is 2.27. The molecular weight excluding hydrogens is 272 g/mol. The number of carbonyl (C=O) groups excluding carboxylic acids is 1. The molecule has 0 aromatic carbocycles. The summed E-state index contributed by atoms with van der Waals surface area (Å²) in [6.07, 6.45) is 0.598. The van der Waals surface area contributed by atoms with Crippen LogP contribution in [0.5, 0.6) is 0 Å². The van der Waals surface area contributed by atoms with Crippen LogP contribution in [0.25, 0.3) is 0 Å². The SMILES string of the molecule is CCOC(=O)c1cc(CN[C@H]2CCS(=O)(=O)C2)on1. The first-order valence-electron chi connectivity index (χ1n) is 6.06.